The summed E-state index contributed by atoms with van der Waals surface area (Å²) in [4.78, 5) is 29.3. The Balaban J connectivity index is 2.37. The van der Waals surface area contributed by atoms with Gasteiger partial charge in [0.05, 0.1) is 10.7 Å². The van der Waals surface area contributed by atoms with Crippen LogP contribution in [-0.4, -0.2) is 22.0 Å². The molecule has 0 radical (unpaired) electrons. The van der Waals surface area contributed by atoms with Crippen molar-refractivity contribution in [3.63, 3.8) is 0 Å². The summed E-state index contributed by atoms with van der Waals surface area (Å²) in [7, 11) is 0. The van der Waals surface area contributed by atoms with E-state index in [4.69, 9.17) is 0 Å². The van der Waals surface area contributed by atoms with Crippen molar-refractivity contribution >= 4 is 23.2 Å². The number of halogens is 1. The smallest absolute Gasteiger partial charge is 0.333 e. The van der Waals surface area contributed by atoms with Crippen LogP contribution in [-0.2, 0) is 15.7 Å². The minimum atomic E-state index is -1.68. The number of carboxylic acid groups (broad SMARTS) is 1. The number of carbonyl (C=O) groups excluding carboxylic acids is 1. The number of aromatic nitrogens is 1. The Kier molecular flexibility index (Phi) is 4.99. The summed E-state index contributed by atoms with van der Waals surface area (Å²) in [6, 6.07) is 5.03. The molecule has 0 saturated heterocycles. The second-order valence-corrected chi connectivity index (χ2v) is 8.07. The van der Waals surface area contributed by atoms with Crippen LogP contribution in [0.3, 0.4) is 0 Å². The van der Waals surface area contributed by atoms with E-state index in [1.165, 1.54) is 42.5 Å². The lowest BCUT2D eigenvalue weighted by Crippen LogP contribution is -2.49. The van der Waals surface area contributed by atoms with Crippen molar-refractivity contribution in [2.24, 2.45) is 0 Å². The number of hydrogen-bond donors (Lipinski definition) is 2. The quantitative estimate of drug-likeness (QED) is 0.868. The van der Waals surface area contributed by atoms with E-state index in [2.05, 4.69) is 10.3 Å². The Morgan fingerprint density at radius 2 is 1.72 bits per heavy atom. The molecule has 0 saturated carbocycles. The average Bonchev–Trinajstić information content (AvgIpc) is 2.89. The maximum absolute atomic E-state index is 13.1. The van der Waals surface area contributed by atoms with Gasteiger partial charge in [0.2, 0.25) is 0 Å². The number of nitrogens with zero attached hydrogens (tertiary/aromatic N) is 1. The van der Waals surface area contributed by atoms with Gasteiger partial charge in [-0.2, -0.15) is 0 Å². The van der Waals surface area contributed by atoms with Crippen LogP contribution in [0.25, 0.3) is 0 Å². The first-order valence-electron chi connectivity index (χ1n) is 7.75. The number of nitrogens with one attached hydrogen (secondary N) is 1. The highest BCUT2D eigenvalue weighted by Gasteiger charge is 2.38. The van der Waals surface area contributed by atoms with Crippen molar-refractivity contribution in [2.75, 3.05) is 0 Å². The number of amides is 1. The van der Waals surface area contributed by atoms with Gasteiger partial charge in [0.1, 0.15) is 10.7 Å². The Bertz CT molecular complexity index is 809. The number of benzene rings is 1. The van der Waals surface area contributed by atoms with Gasteiger partial charge in [-0.15, -0.1) is 11.3 Å². The molecular weight excluding hydrogens is 343 g/mol. The Morgan fingerprint density at radius 3 is 2.16 bits per heavy atom. The van der Waals surface area contributed by atoms with Gasteiger partial charge in [-0.3, -0.25) is 4.79 Å². The van der Waals surface area contributed by atoms with E-state index >= 15 is 0 Å². The molecule has 2 aromatic rings. The second kappa shape index (κ2) is 6.55. The van der Waals surface area contributed by atoms with Crippen LogP contribution in [0.5, 0.6) is 0 Å². The number of aryl methyl sites for hydroxylation is 1. The SMILES string of the molecule is Cc1nc(C(C)(C)C)sc1C(=O)NC(C)(C(=O)O)c1ccc(F)cc1. The van der Waals surface area contributed by atoms with Gasteiger partial charge in [0.15, 0.2) is 5.54 Å². The fraction of sp³-hybridized carbons (Fsp3) is 0.389. The fourth-order valence-electron chi connectivity index (χ4n) is 2.24. The standard InChI is InChI=1S/C18H21FN2O3S/c1-10-13(25-15(20-10)17(2,3)4)14(22)21-18(5,16(23)24)11-6-8-12(19)9-7-11/h6-9H,1-5H3,(H,21,22)(H,23,24). The van der Waals surface area contributed by atoms with Crippen molar-refractivity contribution in [2.45, 2.75) is 45.6 Å². The van der Waals surface area contributed by atoms with Crippen LogP contribution >= 0.6 is 11.3 Å². The number of rotatable bonds is 4. The normalized spacial score (nSPS) is 14.0. The zero-order chi connectivity index (χ0) is 19.0. The van der Waals surface area contributed by atoms with Crippen LogP contribution in [0.2, 0.25) is 0 Å². The lowest BCUT2D eigenvalue weighted by Gasteiger charge is -2.26. The molecule has 1 unspecified atom stereocenters. The number of carbonyl (C=O) groups is 2. The maximum atomic E-state index is 13.1. The Labute approximate surface area is 149 Å². The zero-order valence-corrected chi connectivity index (χ0v) is 15.6. The van der Waals surface area contributed by atoms with Gasteiger partial charge >= 0.3 is 5.97 Å². The Morgan fingerprint density at radius 1 is 1.16 bits per heavy atom. The number of thiazole rings is 1. The molecule has 1 amide bonds. The molecule has 7 heteroatoms. The predicted molar refractivity (Wildman–Crippen MR) is 94.4 cm³/mol. The summed E-state index contributed by atoms with van der Waals surface area (Å²) in [6.07, 6.45) is 0. The zero-order valence-electron chi connectivity index (χ0n) is 14.8. The largest absolute Gasteiger partial charge is 0.479 e. The van der Waals surface area contributed by atoms with Crippen LogP contribution in [0.1, 0.15) is 53.6 Å². The minimum absolute atomic E-state index is 0.207. The number of hydrogen-bond acceptors (Lipinski definition) is 4. The van der Waals surface area contributed by atoms with Crippen LogP contribution in [0.15, 0.2) is 24.3 Å². The summed E-state index contributed by atoms with van der Waals surface area (Å²) in [5.74, 6) is -2.22. The van der Waals surface area contributed by atoms with Gasteiger partial charge in [-0.1, -0.05) is 32.9 Å². The molecule has 0 spiro atoms. The third-order valence-electron chi connectivity index (χ3n) is 3.86. The molecule has 1 atom stereocenters. The molecule has 5 nitrogen and oxygen atoms in total. The third-order valence-corrected chi connectivity index (χ3v) is 5.44. The monoisotopic (exact) mass is 364 g/mol. The van der Waals surface area contributed by atoms with Crippen LogP contribution in [0, 0.1) is 12.7 Å². The molecule has 2 N–H and O–H groups in total. The molecule has 0 aliphatic heterocycles. The van der Waals surface area contributed by atoms with E-state index in [1.54, 1.807) is 6.92 Å². The van der Waals surface area contributed by atoms with Crippen molar-refractivity contribution < 1.29 is 19.1 Å². The molecule has 0 bridgehead atoms. The van der Waals surface area contributed by atoms with E-state index in [-0.39, 0.29) is 11.0 Å². The molecule has 0 aliphatic carbocycles. The Hall–Kier alpha value is -2.28. The van der Waals surface area contributed by atoms with Crippen LogP contribution in [0.4, 0.5) is 4.39 Å². The van der Waals surface area contributed by atoms with Crippen molar-refractivity contribution in [3.8, 4) is 0 Å². The van der Waals surface area contributed by atoms with Crippen molar-refractivity contribution in [1.29, 1.82) is 0 Å². The lowest BCUT2D eigenvalue weighted by atomic mass is 9.92. The third kappa shape index (κ3) is 3.87. The first-order valence-corrected chi connectivity index (χ1v) is 8.56. The number of aliphatic carboxylic acids is 1. The van der Waals surface area contributed by atoms with Gasteiger partial charge < -0.3 is 10.4 Å². The summed E-state index contributed by atoms with van der Waals surface area (Å²) < 4.78 is 13.1. The fourth-order valence-corrected chi connectivity index (χ4v) is 3.26. The minimum Gasteiger partial charge on any atom is -0.479 e. The first kappa shape index (κ1) is 19.1. The van der Waals surface area contributed by atoms with Gasteiger partial charge in [0, 0.05) is 5.41 Å². The van der Waals surface area contributed by atoms with Gasteiger partial charge in [-0.05, 0) is 31.5 Å². The highest BCUT2D eigenvalue weighted by molar-refractivity contribution is 7.14. The van der Waals surface area contributed by atoms with Crippen LogP contribution < -0.4 is 5.32 Å². The predicted octanol–water partition coefficient (Wildman–Crippen LogP) is 3.62. The van der Waals surface area contributed by atoms with Crippen molar-refractivity contribution in [3.05, 3.63) is 51.2 Å². The average molecular weight is 364 g/mol. The highest BCUT2D eigenvalue weighted by atomic mass is 32.1. The molecule has 1 aromatic carbocycles. The molecule has 25 heavy (non-hydrogen) atoms. The van der Waals surface area contributed by atoms with Crippen molar-refractivity contribution in [1.82, 2.24) is 10.3 Å². The molecule has 0 fully saturated rings. The molecule has 2 rings (SSSR count). The molecule has 0 aliphatic rings. The van der Waals surface area contributed by atoms with E-state index in [1.807, 2.05) is 20.8 Å². The van der Waals surface area contributed by atoms with E-state index < -0.39 is 23.2 Å². The molecule has 134 valence electrons. The highest BCUT2D eigenvalue weighted by Crippen LogP contribution is 2.30. The summed E-state index contributed by atoms with van der Waals surface area (Å²) >= 11 is 1.25. The number of carboxylic acids is 1. The summed E-state index contributed by atoms with van der Waals surface area (Å²) in [6.45, 7) is 9.07. The lowest BCUT2D eigenvalue weighted by molar-refractivity contribution is -0.144. The van der Waals surface area contributed by atoms with E-state index in [0.29, 0.717) is 10.6 Å². The molecule has 1 aromatic heterocycles. The summed E-state index contributed by atoms with van der Waals surface area (Å²) in [5.41, 5.74) is -1.04. The van der Waals surface area contributed by atoms with Gasteiger partial charge in [0.25, 0.3) is 5.91 Å². The van der Waals surface area contributed by atoms with Gasteiger partial charge in [-0.25, -0.2) is 14.2 Å². The first-order chi connectivity index (χ1) is 11.4. The topological polar surface area (TPSA) is 79.3 Å². The van der Waals surface area contributed by atoms with E-state index in [0.717, 1.165) is 5.01 Å². The maximum Gasteiger partial charge on any atom is 0.333 e. The van der Waals surface area contributed by atoms with E-state index in [9.17, 15) is 19.1 Å². The second-order valence-electron chi connectivity index (χ2n) is 7.07. The molecular formula is C18H21FN2O3S. The summed E-state index contributed by atoms with van der Waals surface area (Å²) in [5, 5.41) is 13.0. The molecule has 1 heterocycles.